The van der Waals surface area contributed by atoms with Gasteiger partial charge in [-0.3, -0.25) is 4.79 Å². The minimum absolute atomic E-state index is 0.129. The molecular weight excluding hydrogens is 236 g/mol. The first kappa shape index (κ1) is 12.0. The molecule has 2 aromatic carbocycles. The zero-order valence-electron chi connectivity index (χ0n) is 10.9. The van der Waals surface area contributed by atoms with Crippen LogP contribution in [0.4, 0.5) is 0 Å². The number of fused-ring (bicyclic) bond motifs is 1. The molecule has 3 rings (SSSR count). The van der Waals surface area contributed by atoms with Crippen LogP contribution in [0.1, 0.15) is 31.2 Å². The summed E-state index contributed by atoms with van der Waals surface area (Å²) in [5.41, 5.74) is 1.08. The molecule has 1 fully saturated rings. The fourth-order valence-corrected chi connectivity index (χ4v) is 2.70. The van der Waals surface area contributed by atoms with Crippen LogP contribution >= 0.6 is 0 Å². The van der Waals surface area contributed by atoms with Crippen LogP contribution in [0.3, 0.4) is 0 Å². The molecule has 0 spiro atoms. The van der Waals surface area contributed by atoms with E-state index in [9.17, 15) is 4.79 Å². The van der Waals surface area contributed by atoms with Gasteiger partial charge in [0.25, 0.3) is 0 Å². The molecule has 0 saturated carbocycles. The zero-order valence-corrected chi connectivity index (χ0v) is 10.9. The quantitative estimate of drug-likeness (QED) is 0.712. The summed E-state index contributed by atoms with van der Waals surface area (Å²) < 4.78 is 5.37. The molecule has 1 aliphatic heterocycles. The number of carbonyl (C=O) groups excluding carboxylic acids is 1. The average Bonchev–Trinajstić information content (AvgIpc) is 2.46. The largest absolute Gasteiger partial charge is 0.431 e. The van der Waals surface area contributed by atoms with E-state index in [1.165, 1.54) is 5.39 Å². The zero-order chi connectivity index (χ0) is 13.2. The Hall–Kier alpha value is -2.09. The lowest BCUT2D eigenvalue weighted by atomic mass is 9.88. The van der Waals surface area contributed by atoms with Crippen LogP contribution in [0.25, 0.3) is 10.8 Å². The number of hydrogen-bond donors (Lipinski definition) is 0. The standard InChI is InChI=1S/C17H16O2/c1-2-13-10-11-16(17(18)19-13)15-9-5-7-12-6-3-4-8-14(12)15/h2-9,16H,10-11H2,1H3/b13-2-/t16-/m1/s1. The molecule has 2 aromatic rings. The van der Waals surface area contributed by atoms with E-state index < -0.39 is 0 Å². The highest BCUT2D eigenvalue weighted by molar-refractivity contribution is 5.91. The van der Waals surface area contributed by atoms with Gasteiger partial charge in [0.1, 0.15) is 5.76 Å². The molecule has 0 radical (unpaired) electrons. The highest BCUT2D eigenvalue weighted by atomic mass is 16.5. The summed E-state index contributed by atoms with van der Waals surface area (Å²) in [5.74, 6) is 0.520. The van der Waals surface area contributed by atoms with Crippen molar-refractivity contribution in [3.8, 4) is 0 Å². The Morgan fingerprint density at radius 1 is 1.16 bits per heavy atom. The Morgan fingerprint density at radius 3 is 2.74 bits per heavy atom. The minimum atomic E-state index is -0.144. The van der Waals surface area contributed by atoms with Crippen molar-refractivity contribution in [3.05, 3.63) is 59.9 Å². The number of allylic oxidation sites excluding steroid dienone is 2. The Balaban J connectivity index is 2.03. The third-order valence-electron chi connectivity index (χ3n) is 3.72. The molecule has 0 aliphatic carbocycles. The summed E-state index contributed by atoms with van der Waals surface area (Å²) in [6.45, 7) is 1.90. The normalized spacial score (nSPS) is 21.6. The number of ether oxygens (including phenoxy) is 1. The van der Waals surface area contributed by atoms with Crippen LogP contribution in [0.2, 0.25) is 0 Å². The fraction of sp³-hybridized carbons (Fsp3) is 0.235. The van der Waals surface area contributed by atoms with Crippen LogP contribution < -0.4 is 0 Å². The van der Waals surface area contributed by atoms with Gasteiger partial charge in [-0.15, -0.1) is 0 Å². The number of carbonyl (C=O) groups is 1. The molecule has 2 nitrogen and oxygen atoms in total. The molecular formula is C17H16O2. The first-order valence-corrected chi connectivity index (χ1v) is 6.64. The van der Waals surface area contributed by atoms with Gasteiger partial charge in [0.15, 0.2) is 0 Å². The minimum Gasteiger partial charge on any atom is -0.431 e. The fourth-order valence-electron chi connectivity index (χ4n) is 2.70. The van der Waals surface area contributed by atoms with E-state index in [4.69, 9.17) is 4.74 Å². The lowest BCUT2D eigenvalue weighted by Crippen LogP contribution is -2.21. The maximum Gasteiger partial charge on any atom is 0.318 e. The molecule has 0 amide bonds. The third-order valence-corrected chi connectivity index (χ3v) is 3.72. The summed E-state index contributed by atoms with van der Waals surface area (Å²) in [4.78, 5) is 12.1. The summed E-state index contributed by atoms with van der Waals surface area (Å²) in [7, 11) is 0. The molecule has 1 aliphatic rings. The number of rotatable bonds is 1. The van der Waals surface area contributed by atoms with Crippen LogP contribution in [0.15, 0.2) is 54.3 Å². The predicted molar refractivity (Wildman–Crippen MR) is 75.8 cm³/mol. The Bertz CT molecular complexity index is 650. The smallest absolute Gasteiger partial charge is 0.318 e. The summed E-state index contributed by atoms with van der Waals surface area (Å²) >= 11 is 0. The van der Waals surface area contributed by atoms with Crippen LogP contribution in [-0.4, -0.2) is 5.97 Å². The molecule has 0 unspecified atom stereocenters. The van der Waals surface area contributed by atoms with E-state index >= 15 is 0 Å². The van der Waals surface area contributed by atoms with Crippen molar-refractivity contribution in [1.82, 2.24) is 0 Å². The van der Waals surface area contributed by atoms with Crippen molar-refractivity contribution in [2.45, 2.75) is 25.7 Å². The van der Waals surface area contributed by atoms with Crippen molar-refractivity contribution in [1.29, 1.82) is 0 Å². The van der Waals surface area contributed by atoms with Gasteiger partial charge in [0, 0.05) is 6.42 Å². The van der Waals surface area contributed by atoms with E-state index in [-0.39, 0.29) is 11.9 Å². The van der Waals surface area contributed by atoms with Gasteiger partial charge >= 0.3 is 5.97 Å². The molecule has 0 bridgehead atoms. The summed E-state index contributed by atoms with van der Waals surface area (Å²) in [6.07, 6.45) is 3.53. The monoisotopic (exact) mass is 252 g/mol. The van der Waals surface area contributed by atoms with E-state index in [1.807, 2.05) is 37.3 Å². The van der Waals surface area contributed by atoms with Gasteiger partial charge in [-0.2, -0.15) is 0 Å². The second-order valence-corrected chi connectivity index (χ2v) is 4.84. The van der Waals surface area contributed by atoms with Gasteiger partial charge in [0.2, 0.25) is 0 Å². The van der Waals surface area contributed by atoms with Crippen LogP contribution in [0.5, 0.6) is 0 Å². The molecule has 1 atom stereocenters. The summed E-state index contributed by atoms with van der Waals surface area (Å²) in [5, 5.41) is 2.32. The number of cyclic esters (lactones) is 1. The summed E-state index contributed by atoms with van der Waals surface area (Å²) in [6, 6.07) is 14.3. The van der Waals surface area contributed by atoms with Crippen molar-refractivity contribution in [2.75, 3.05) is 0 Å². The molecule has 2 heteroatoms. The van der Waals surface area contributed by atoms with Gasteiger partial charge < -0.3 is 4.74 Å². The molecule has 1 heterocycles. The highest BCUT2D eigenvalue weighted by Gasteiger charge is 2.29. The van der Waals surface area contributed by atoms with E-state index in [2.05, 4.69) is 18.2 Å². The topological polar surface area (TPSA) is 26.3 Å². The van der Waals surface area contributed by atoms with Crippen LogP contribution in [0, 0.1) is 0 Å². The average molecular weight is 252 g/mol. The van der Waals surface area contributed by atoms with Crippen molar-refractivity contribution in [2.24, 2.45) is 0 Å². The van der Waals surface area contributed by atoms with Crippen LogP contribution in [-0.2, 0) is 9.53 Å². The Morgan fingerprint density at radius 2 is 1.95 bits per heavy atom. The lowest BCUT2D eigenvalue weighted by molar-refractivity contribution is -0.143. The molecule has 96 valence electrons. The second-order valence-electron chi connectivity index (χ2n) is 4.84. The first-order valence-electron chi connectivity index (χ1n) is 6.64. The molecule has 0 N–H and O–H groups in total. The SMILES string of the molecule is C/C=C1/CC[C@H](c2cccc3ccccc23)C(=O)O1. The maximum atomic E-state index is 12.1. The third kappa shape index (κ3) is 2.14. The van der Waals surface area contributed by atoms with E-state index in [0.29, 0.717) is 0 Å². The van der Waals surface area contributed by atoms with Crippen molar-refractivity contribution >= 4 is 16.7 Å². The highest BCUT2D eigenvalue weighted by Crippen LogP contribution is 2.34. The Kier molecular flexibility index (Phi) is 3.08. The van der Waals surface area contributed by atoms with E-state index in [0.717, 1.165) is 29.6 Å². The van der Waals surface area contributed by atoms with Gasteiger partial charge in [-0.05, 0) is 35.8 Å². The number of benzene rings is 2. The first-order chi connectivity index (χ1) is 9.29. The maximum absolute atomic E-state index is 12.1. The van der Waals surface area contributed by atoms with Gasteiger partial charge in [-0.25, -0.2) is 0 Å². The van der Waals surface area contributed by atoms with Crippen molar-refractivity contribution in [3.63, 3.8) is 0 Å². The van der Waals surface area contributed by atoms with Crippen molar-refractivity contribution < 1.29 is 9.53 Å². The predicted octanol–water partition coefficient (Wildman–Crippen LogP) is 4.16. The second kappa shape index (κ2) is 4.88. The van der Waals surface area contributed by atoms with Gasteiger partial charge in [0.05, 0.1) is 5.92 Å². The van der Waals surface area contributed by atoms with Gasteiger partial charge in [-0.1, -0.05) is 42.5 Å². The molecule has 1 saturated heterocycles. The molecule has 0 aromatic heterocycles. The Labute approximate surface area is 112 Å². The van der Waals surface area contributed by atoms with E-state index in [1.54, 1.807) is 0 Å². The lowest BCUT2D eigenvalue weighted by Gasteiger charge is -2.24. The molecule has 19 heavy (non-hydrogen) atoms. The number of hydrogen-bond acceptors (Lipinski definition) is 2. The number of esters is 1.